The van der Waals surface area contributed by atoms with E-state index in [0.717, 1.165) is 16.8 Å². The fraction of sp³-hybridized carbons (Fsp3) is 0.250. The molecular weight excluding hydrogens is 430 g/mol. The Morgan fingerprint density at radius 2 is 1.52 bits per heavy atom. The van der Waals surface area contributed by atoms with Crippen molar-refractivity contribution in [2.24, 2.45) is 0 Å². The molecule has 9 nitrogen and oxygen atoms in total. The number of aromatic nitrogens is 1. The summed E-state index contributed by atoms with van der Waals surface area (Å²) in [5, 5.41) is 48.7. The fourth-order valence-electron chi connectivity index (χ4n) is 3.77. The van der Waals surface area contributed by atoms with Crippen molar-refractivity contribution in [1.82, 2.24) is 4.98 Å². The number of phenols is 1. The zero-order chi connectivity index (χ0) is 23.5. The molecule has 3 aromatic rings. The monoisotopic (exact) mass is 453 g/mol. The Balaban J connectivity index is 1.58. The third kappa shape index (κ3) is 4.81. The summed E-state index contributed by atoms with van der Waals surface area (Å²) in [6.07, 6.45) is -6.71. The fourth-order valence-corrected chi connectivity index (χ4v) is 3.77. The molecule has 1 aliphatic rings. The van der Waals surface area contributed by atoms with E-state index in [1.165, 1.54) is 0 Å². The van der Waals surface area contributed by atoms with Crippen LogP contribution in [0.1, 0.15) is 22.7 Å². The maximum atomic E-state index is 11.3. The first-order chi connectivity index (χ1) is 15.8. The van der Waals surface area contributed by atoms with Gasteiger partial charge in [-0.15, -0.1) is 0 Å². The van der Waals surface area contributed by atoms with Gasteiger partial charge in [-0.3, -0.25) is 4.98 Å². The highest BCUT2D eigenvalue weighted by atomic mass is 16.7. The third-order valence-corrected chi connectivity index (χ3v) is 5.49. The number of hydrogen-bond donors (Lipinski definition) is 5. The van der Waals surface area contributed by atoms with Gasteiger partial charge in [0.05, 0.1) is 11.6 Å². The standard InChI is InChI=1S/C24H23NO8/c26-15-8-4-13(5-9-15)18(17-3-1-2-12-25-17)14-6-10-16(11-7-14)32-24-21(29)19(27)20(28)22(33-24)23(30)31/h1-12,18-22,24,26-29H,(H,30,31)/t18?,19?,20-,21?,22?,24-/m1/s1. The van der Waals surface area contributed by atoms with Crippen molar-refractivity contribution in [2.45, 2.75) is 36.6 Å². The van der Waals surface area contributed by atoms with Crippen molar-refractivity contribution < 1.29 is 39.8 Å². The highest BCUT2D eigenvalue weighted by molar-refractivity contribution is 5.73. The third-order valence-electron chi connectivity index (χ3n) is 5.49. The van der Waals surface area contributed by atoms with Gasteiger partial charge in [-0.25, -0.2) is 4.79 Å². The van der Waals surface area contributed by atoms with Crippen LogP contribution in [0, 0.1) is 0 Å². The molecule has 1 aromatic heterocycles. The number of rotatable bonds is 6. The lowest BCUT2D eigenvalue weighted by Gasteiger charge is -2.38. The first kappa shape index (κ1) is 22.7. The van der Waals surface area contributed by atoms with Crippen molar-refractivity contribution in [3.05, 3.63) is 89.7 Å². The number of carboxylic acids is 1. The zero-order valence-corrected chi connectivity index (χ0v) is 17.3. The topological polar surface area (TPSA) is 150 Å². The van der Waals surface area contributed by atoms with E-state index < -0.39 is 36.7 Å². The summed E-state index contributed by atoms with van der Waals surface area (Å²) < 4.78 is 10.7. The van der Waals surface area contributed by atoms with Gasteiger partial charge >= 0.3 is 5.97 Å². The van der Waals surface area contributed by atoms with Crippen molar-refractivity contribution in [1.29, 1.82) is 0 Å². The number of benzene rings is 2. The van der Waals surface area contributed by atoms with E-state index in [1.807, 2.05) is 30.3 Å². The number of hydrogen-bond acceptors (Lipinski definition) is 8. The molecule has 1 fully saturated rings. The van der Waals surface area contributed by atoms with Crippen LogP contribution in [0.4, 0.5) is 0 Å². The average Bonchev–Trinajstić information content (AvgIpc) is 2.82. The molecule has 2 aromatic carbocycles. The number of phenolic OH excluding ortho intramolecular Hbond substituents is 1. The molecule has 5 N–H and O–H groups in total. The second-order valence-corrected chi connectivity index (χ2v) is 7.70. The second kappa shape index (κ2) is 9.55. The molecule has 0 spiro atoms. The van der Waals surface area contributed by atoms with Crippen molar-refractivity contribution in [3.63, 3.8) is 0 Å². The summed E-state index contributed by atoms with van der Waals surface area (Å²) in [4.78, 5) is 15.7. The molecule has 4 unspecified atom stereocenters. The predicted octanol–water partition coefficient (Wildman–Crippen LogP) is 1.24. The second-order valence-electron chi connectivity index (χ2n) is 7.70. The van der Waals surface area contributed by atoms with Crippen molar-refractivity contribution in [3.8, 4) is 11.5 Å². The van der Waals surface area contributed by atoms with E-state index in [9.17, 15) is 30.3 Å². The molecule has 0 saturated carbocycles. The van der Waals surface area contributed by atoms with Gasteiger partial charge in [0.1, 0.15) is 29.8 Å². The minimum Gasteiger partial charge on any atom is -0.508 e. The summed E-state index contributed by atoms with van der Waals surface area (Å²) in [5.41, 5.74) is 2.58. The minimum atomic E-state index is -1.79. The lowest BCUT2D eigenvalue weighted by Crippen LogP contribution is -2.61. The molecule has 0 aliphatic carbocycles. The van der Waals surface area contributed by atoms with Gasteiger partial charge in [-0.2, -0.15) is 0 Å². The van der Waals surface area contributed by atoms with Gasteiger partial charge in [0, 0.05) is 6.20 Å². The summed E-state index contributed by atoms with van der Waals surface area (Å²) in [6, 6.07) is 19.2. The van der Waals surface area contributed by atoms with Gasteiger partial charge in [-0.1, -0.05) is 30.3 Å². The van der Waals surface area contributed by atoms with Crippen molar-refractivity contribution in [2.75, 3.05) is 0 Å². The van der Waals surface area contributed by atoms with Crippen molar-refractivity contribution >= 4 is 5.97 Å². The molecule has 172 valence electrons. The normalized spacial score (nSPS) is 25.8. The maximum absolute atomic E-state index is 11.3. The van der Waals surface area contributed by atoms with E-state index in [-0.39, 0.29) is 17.4 Å². The first-order valence-electron chi connectivity index (χ1n) is 10.2. The number of carbonyl (C=O) groups is 1. The van der Waals surface area contributed by atoms with Gasteiger partial charge in [-0.05, 0) is 47.5 Å². The predicted molar refractivity (Wildman–Crippen MR) is 115 cm³/mol. The number of ether oxygens (including phenoxy) is 2. The number of pyridine rings is 1. The Bertz CT molecular complexity index is 1070. The quantitative estimate of drug-likeness (QED) is 0.371. The molecule has 9 heteroatoms. The van der Waals surface area contributed by atoms with E-state index in [2.05, 4.69) is 4.98 Å². The van der Waals surface area contributed by atoms with Crippen LogP contribution in [-0.4, -0.2) is 67.2 Å². The smallest absolute Gasteiger partial charge is 0.335 e. The summed E-state index contributed by atoms with van der Waals surface area (Å²) >= 11 is 0. The molecule has 1 saturated heterocycles. The molecule has 1 aliphatic heterocycles. The average molecular weight is 453 g/mol. The van der Waals surface area contributed by atoms with Crippen LogP contribution in [0.25, 0.3) is 0 Å². The van der Waals surface area contributed by atoms with Gasteiger partial charge < -0.3 is 35.0 Å². The number of aliphatic hydroxyl groups is 3. The van der Waals surface area contributed by atoms with Crippen LogP contribution < -0.4 is 4.74 Å². The van der Waals surface area contributed by atoms with Crippen LogP contribution in [0.3, 0.4) is 0 Å². The highest BCUT2D eigenvalue weighted by Gasteiger charge is 2.48. The molecule has 0 amide bonds. The van der Waals surface area contributed by atoms with Gasteiger partial charge in [0.25, 0.3) is 0 Å². The Morgan fingerprint density at radius 1 is 0.879 bits per heavy atom. The molecule has 0 radical (unpaired) electrons. The zero-order valence-electron chi connectivity index (χ0n) is 17.3. The number of aliphatic carboxylic acids is 1. The SMILES string of the molecule is O=C(O)C1O[C@@H](Oc2ccc(C(c3ccc(O)cc3)c3ccccn3)cc2)C(O)C(O)[C@H]1O. The summed E-state index contributed by atoms with van der Waals surface area (Å²) in [7, 11) is 0. The van der Waals surface area contributed by atoms with E-state index in [4.69, 9.17) is 9.47 Å². The van der Waals surface area contributed by atoms with Crippen LogP contribution in [0.2, 0.25) is 0 Å². The highest BCUT2D eigenvalue weighted by Crippen LogP contribution is 2.33. The number of carboxylic acid groups (broad SMARTS) is 1. The molecule has 33 heavy (non-hydrogen) atoms. The maximum Gasteiger partial charge on any atom is 0.335 e. The van der Waals surface area contributed by atoms with Gasteiger partial charge in [0.2, 0.25) is 6.29 Å². The number of nitrogens with zero attached hydrogens (tertiary/aromatic N) is 1. The van der Waals surface area contributed by atoms with Crippen LogP contribution in [-0.2, 0) is 9.53 Å². The van der Waals surface area contributed by atoms with Gasteiger partial charge in [0.15, 0.2) is 6.10 Å². The lowest BCUT2D eigenvalue weighted by molar-refractivity contribution is -0.271. The molecule has 4 rings (SSSR count). The Morgan fingerprint density at radius 3 is 2.09 bits per heavy atom. The Labute approximate surface area is 189 Å². The van der Waals surface area contributed by atoms with E-state index in [0.29, 0.717) is 0 Å². The van der Waals surface area contributed by atoms with Crippen LogP contribution >= 0.6 is 0 Å². The molecule has 2 heterocycles. The largest absolute Gasteiger partial charge is 0.508 e. The summed E-state index contributed by atoms with van der Waals surface area (Å²) in [6.45, 7) is 0. The van der Waals surface area contributed by atoms with E-state index in [1.54, 1.807) is 42.6 Å². The van der Waals surface area contributed by atoms with E-state index >= 15 is 0 Å². The summed E-state index contributed by atoms with van der Waals surface area (Å²) in [5.74, 6) is -1.29. The Hall–Kier alpha value is -3.50. The lowest BCUT2D eigenvalue weighted by atomic mass is 9.88. The number of aliphatic hydroxyl groups excluding tert-OH is 3. The number of aromatic hydroxyl groups is 1. The molecule has 0 bridgehead atoms. The van der Waals surface area contributed by atoms with Crippen LogP contribution in [0.5, 0.6) is 11.5 Å². The van der Waals surface area contributed by atoms with Crippen LogP contribution in [0.15, 0.2) is 72.9 Å². The first-order valence-corrected chi connectivity index (χ1v) is 10.2. The Kier molecular flexibility index (Phi) is 6.57. The molecular formula is C24H23NO8. The minimum absolute atomic E-state index is 0.153. The molecule has 6 atom stereocenters.